The Hall–Kier alpha value is -3.01. The van der Waals surface area contributed by atoms with Crippen LogP contribution in [0.1, 0.15) is 42.4 Å². The van der Waals surface area contributed by atoms with Crippen molar-refractivity contribution in [3.8, 4) is 0 Å². The van der Waals surface area contributed by atoms with E-state index in [0.29, 0.717) is 5.92 Å². The van der Waals surface area contributed by atoms with Crippen molar-refractivity contribution in [1.29, 1.82) is 0 Å². The minimum Gasteiger partial charge on any atom is -0.392 e. The van der Waals surface area contributed by atoms with E-state index >= 15 is 0 Å². The van der Waals surface area contributed by atoms with Gasteiger partial charge in [0.05, 0.1) is 6.61 Å². The lowest BCUT2D eigenvalue weighted by Crippen LogP contribution is -2.26. The van der Waals surface area contributed by atoms with Gasteiger partial charge in [-0.25, -0.2) is 0 Å². The first-order chi connectivity index (χ1) is 15.2. The van der Waals surface area contributed by atoms with E-state index in [9.17, 15) is 0 Å². The van der Waals surface area contributed by atoms with Crippen molar-refractivity contribution in [3.05, 3.63) is 102 Å². The first-order valence-corrected chi connectivity index (χ1v) is 10.9. The molecule has 3 aromatic rings. The van der Waals surface area contributed by atoms with Crippen molar-refractivity contribution in [3.63, 3.8) is 0 Å². The minimum atomic E-state index is 0.116. The fourth-order valence-corrected chi connectivity index (χ4v) is 3.86. The van der Waals surface area contributed by atoms with Crippen LogP contribution in [-0.4, -0.2) is 24.4 Å². The summed E-state index contributed by atoms with van der Waals surface area (Å²) in [5.41, 5.74) is 4.69. The van der Waals surface area contributed by atoms with Gasteiger partial charge in [0.15, 0.2) is 0 Å². The first kappa shape index (κ1) is 22.7. The van der Waals surface area contributed by atoms with Crippen LogP contribution < -0.4 is 5.32 Å². The number of hydrogen-bond acceptors (Lipinski definition) is 3. The van der Waals surface area contributed by atoms with Gasteiger partial charge in [-0.15, -0.1) is 0 Å². The third kappa shape index (κ3) is 6.48. The summed E-state index contributed by atoms with van der Waals surface area (Å²) in [5.74, 6) is 0.682. The number of aliphatic imine (C=N–C) groups is 1. The lowest BCUT2D eigenvalue weighted by atomic mass is 9.88. The number of rotatable bonds is 5. The topological polar surface area (TPSA) is 44.6 Å². The summed E-state index contributed by atoms with van der Waals surface area (Å²) in [5, 5.41) is 14.7. The standard InChI is InChI=1S/C17H22N2.C11H10O/c1-3-14(13-18-4-2)16-6-5-7-17(12-16)15-8-10-19-11-9-15;12-8-9-5-6-10-3-1-2-4-11(10)7-9/h3-7,12-13,15,19H,1,8-11H2,2H3;1-7,12H,8H2/b14-13+,18-4?;. The van der Waals surface area contributed by atoms with Crippen LogP contribution in [0, 0.1) is 0 Å². The number of benzene rings is 3. The Bertz CT molecular complexity index is 1050. The third-order valence-electron chi connectivity index (χ3n) is 5.61. The summed E-state index contributed by atoms with van der Waals surface area (Å²) < 4.78 is 0. The van der Waals surface area contributed by atoms with Crippen molar-refractivity contribution >= 4 is 22.6 Å². The molecule has 0 saturated carbocycles. The second-order valence-corrected chi connectivity index (χ2v) is 7.69. The minimum absolute atomic E-state index is 0.116. The second-order valence-electron chi connectivity index (χ2n) is 7.69. The van der Waals surface area contributed by atoms with Gasteiger partial charge in [-0.1, -0.05) is 73.3 Å². The summed E-state index contributed by atoms with van der Waals surface area (Å²) in [6.45, 7) is 8.16. The molecule has 1 aliphatic heterocycles. The molecule has 1 fully saturated rings. The summed E-state index contributed by atoms with van der Waals surface area (Å²) >= 11 is 0. The second kappa shape index (κ2) is 12.0. The molecule has 160 valence electrons. The Morgan fingerprint density at radius 3 is 2.52 bits per heavy atom. The van der Waals surface area contributed by atoms with Crippen molar-refractivity contribution in [2.75, 3.05) is 13.1 Å². The molecule has 3 heteroatoms. The predicted octanol–water partition coefficient (Wildman–Crippen LogP) is 6.10. The van der Waals surface area contributed by atoms with Crippen LogP contribution in [0.4, 0.5) is 0 Å². The summed E-state index contributed by atoms with van der Waals surface area (Å²) in [6.07, 6.45) is 7.98. The van der Waals surface area contributed by atoms with E-state index in [1.54, 1.807) is 6.21 Å². The van der Waals surface area contributed by atoms with Crippen molar-refractivity contribution in [2.45, 2.75) is 32.3 Å². The number of hydrogen-bond donors (Lipinski definition) is 2. The normalized spacial score (nSPS) is 15.0. The number of aliphatic hydroxyl groups excluding tert-OH is 1. The van der Waals surface area contributed by atoms with Gasteiger partial charge in [0, 0.05) is 12.4 Å². The molecule has 0 atom stereocenters. The number of allylic oxidation sites excluding steroid dienone is 2. The molecule has 0 spiro atoms. The largest absolute Gasteiger partial charge is 0.392 e. The van der Waals surface area contributed by atoms with Gasteiger partial charge in [-0.05, 0) is 77.9 Å². The fraction of sp³-hybridized carbons (Fsp3) is 0.250. The number of aliphatic hydroxyl groups is 1. The Morgan fingerprint density at radius 2 is 1.81 bits per heavy atom. The van der Waals surface area contributed by atoms with Crippen LogP contribution in [0.3, 0.4) is 0 Å². The quantitative estimate of drug-likeness (QED) is 0.393. The average molecular weight is 413 g/mol. The van der Waals surface area contributed by atoms with Gasteiger partial charge < -0.3 is 10.4 Å². The molecule has 2 N–H and O–H groups in total. The van der Waals surface area contributed by atoms with E-state index in [-0.39, 0.29) is 6.61 Å². The van der Waals surface area contributed by atoms with E-state index in [1.807, 2.05) is 49.5 Å². The molecule has 31 heavy (non-hydrogen) atoms. The molecule has 1 aliphatic rings. The molecule has 3 aromatic carbocycles. The summed E-state index contributed by atoms with van der Waals surface area (Å²) in [6, 6.07) is 22.9. The molecule has 4 rings (SSSR count). The fourth-order valence-electron chi connectivity index (χ4n) is 3.86. The van der Waals surface area contributed by atoms with Crippen LogP contribution in [0.2, 0.25) is 0 Å². The van der Waals surface area contributed by atoms with Gasteiger partial charge >= 0.3 is 0 Å². The predicted molar refractivity (Wildman–Crippen MR) is 133 cm³/mol. The van der Waals surface area contributed by atoms with Crippen molar-refractivity contribution in [1.82, 2.24) is 5.32 Å². The van der Waals surface area contributed by atoms with Gasteiger partial charge in [0.2, 0.25) is 0 Å². The Kier molecular flexibility index (Phi) is 8.77. The van der Waals surface area contributed by atoms with E-state index in [1.165, 1.54) is 34.7 Å². The maximum Gasteiger partial charge on any atom is 0.0682 e. The molecule has 0 bridgehead atoms. The molecule has 1 saturated heterocycles. The van der Waals surface area contributed by atoms with E-state index < -0.39 is 0 Å². The maximum atomic E-state index is 8.90. The van der Waals surface area contributed by atoms with Crippen LogP contribution in [0.25, 0.3) is 16.3 Å². The van der Waals surface area contributed by atoms with Gasteiger partial charge in [-0.3, -0.25) is 4.99 Å². The van der Waals surface area contributed by atoms with E-state index in [2.05, 4.69) is 53.3 Å². The number of nitrogens with one attached hydrogen (secondary N) is 1. The average Bonchev–Trinajstić information content (AvgIpc) is 2.85. The lowest BCUT2D eigenvalue weighted by Gasteiger charge is -2.23. The zero-order valence-corrected chi connectivity index (χ0v) is 18.3. The highest BCUT2D eigenvalue weighted by Crippen LogP contribution is 2.27. The maximum absolute atomic E-state index is 8.90. The van der Waals surface area contributed by atoms with Crippen LogP contribution in [-0.2, 0) is 6.61 Å². The smallest absolute Gasteiger partial charge is 0.0682 e. The number of fused-ring (bicyclic) bond motifs is 1. The lowest BCUT2D eigenvalue weighted by molar-refractivity contribution is 0.282. The molecular weight excluding hydrogens is 380 g/mol. The molecule has 0 aromatic heterocycles. The van der Waals surface area contributed by atoms with E-state index in [4.69, 9.17) is 5.11 Å². The third-order valence-corrected chi connectivity index (χ3v) is 5.61. The number of nitrogens with zero attached hydrogens (tertiary/aromatic N) is 1. The molecule has 0 amide bonds. The molecule has 0 radical (unpaired) electrons. The Labute approximate surface area is 185 Å². The molecule has 3 nitrogen and oxygen atoms in total. The zero-order valence-electron chi connectivity index (χ0n) is 18.3. The molecule has 1 heterocycles. The molecule has 0 aliphatic carbocycles. The monoisotopic (exact) mass is 412 g/mol. The summed E-state index contributed by atoms with van der Waals surface area (Å²) in [7, 11) is 0. The SMILES string of the molecule is C=C/C(=C\N=CC)c1cccc(C2CCNCC2)c1.OCc1ccc2ccccc2c1. The first-order valence-electron chi connectivity index (χ1n) is 10.9. The Morgan fingerprint density at radius 1 is 1.03 bits per heavy atom. The summed E-state index contributed by atoms with van der Waals surface area (Å²) in [4.78, 5) is 4.19. The number of piperidine rings is 1. The van der Waals surface area contributed by atoms with Gasteiger partial charge in [0.25, 0.3) is 0 Å². The highest BCUT2D eigenvalue weighted by atomic mass is 16.3. The van der Waals surface area contributed by atoms with Crippen molar-refractivity contribution in [2.24, 2.45) is 4.99 Å². The van der Waals surface area contributed by atoms with Gasteiger partial charge in [0.1, 0.15) is 0 Å². The van der Waals surface area contributed by atoms with Crippen LogP contribution in [0.5, 0.6) is 0 Å². The van der Waals surface area contributed by atoms with E-state index in [0.717, 1.165) is 24.2 Å². The van der Waals surface area contributed by atoms with Crippen LogP contribution >= 0.6 is 0 Å². The van der Waals surface area contributed by atoms with Gasteiger partial charge in [-0.2, -0.15) is 0 Å². The zero-order chi connectivity index (χ0) is 21.9. The molecule has 0 unspecified atom stereocenters. The van der Waals surface area contributed by atoms with Crippen LogP contribution in [0.15, 0.2) is 90.6 Å². The molecular formula is C28H32N2O. The highest BCUT2D eigenvalue weighted by molar-refractivity contribution is 5.82. The van der Waals surface area contributed by atoms with Crippen molar-refractivity contribution < 1.29 is 5.11 Å². The Balaban J connectivity index is 0.000000194. The highest BCUT2D eigenvalue weighted by Gasteiger charge is 2.15.